The van der Waals surface area contributed by atoms with Gasteiger partial charge in [0.25, 0.3) is 0 Å². The van der Waals surface area contributed by atoms with E-state index in [1.54, 1.807) is 0 Å². The van der Waals surface area contributed by atoms with E-state index in [-0.39, 0.29) is 23.3 Å². The van der Waals surface area contributed by atoms with Gasteiger partial charge in [-0.1, -0.05) is 44.9 Å². The third kappa shape index (κ3) is 14.7. The highest BCUT2D eigenvalue weighted by Gasteiger charge is 2.19. The van der Waals surface area contributed by atoms with Gasteiger partial charge in [0.05, 0.1) is 14.2 Å². The quantitative estimate of drug-likeness (QED) is 0.162. The number of methoxy groups -OCH3 is 2. The summed E-state index contributed by atoms with van der Waals surface area (Å²) in [6.45, 7) is 0. The molecule has 0 aliphatic heterocycles. The van der Waals surface area contributed by atoms with Gasteiger partial charge in [-0.25, -0.2) is 0 Å². The second-order valence-corrected chi connectivity index (χ2v) is 6.70. The van der Waals surface area contributed by atoms with Gasteiger partial charge in [0, 0.05) is 30.6 Å². The van der Waals surface area contributed by atoms with Gasteiger partial charge in [0.2, 0.25) is 6.04 Å². The number of esters is 2. The third-order valence-corrected chi connectivity index (χ3v) is 4.59. The average molecular weight is 373 g/mol. The molecule has 1 unspecified atom stereocenters. The summed E-state index contributed by atoms with van der Waals surface area (Å²) < 4.78 is 9.15. The van der Waals surface area contributed by atoms with E-state index in [1.165, 1.54) is 27.1 Å². The lowest BCUT2D eigenvalue weighted by Crippen LogP contribution is -2.19. The van der Waals surface area contributed by atoms with Crippen molar-refractivity contribution < 1.29 is 24.0 Å². The first kappa shape index (κ1) is 24.3. The summed E-state index contributed by atoms with van der Waals surface area (Å²) in [7, 11) is 2.74. The maximum Gasteiger partial charge on any atom is 0.305 e. The molecule has 0 radical (unpaired) electrons. The summed E-state index contributed by atoms with van der Waals surface area (Å²) in [5.74, 6) is -0.444. The van der Waals surface area contributed by atoms with Gasteiger partial charge in [-0.05, 0) is 19.3 Å². The van der Waals surface area contributed by atoms with Gasteiger partial charge >= 0.3 is 11.9 Å². The Bertz CT molecular complexity index is 399. The number of hydrogen-bond acceptors (Lipinski definition) is 6. The highest BCUT2D eigenvalue weighted by molar-refractivity contribution is 5.69. The molecular weight excluding hydrogens is 338 g/mol. The molecule has 0 spiro atoms. The molecule has 0 saturated heterocycles. The van der Waals surface area contributed by atoms with Crippen molar-refractivity contribution in [3.05, 3.63) is 10.1 Å². The summed E-state index contributed by atoms with van der Waals surface area (Å²) >= 11 is 0. The number of rotatable bonds is 17. The van der Waals surface area contributed by atoms with Gasteiger partial charge in [0.15, 0.2) is 0 Å². The van der Waals surface area contributed by atoms with Crippen molar-refractivity contribution in [2.45, 2.75) is 95.9 Å². The number of hydrogen-bond donors (Lipinski definition) is 0. The Kier molecular flexibility index (Phi) is 15.7. The SMILES string of the molecule is COC(=O)CCCCCCCCCCCC(CCCC(=O)OC)[N+](=O)[O-]. The number of nitro groups is 1. The molecule has 0 amide bonds. The molecule has 0 heterocycles. The Labute approximate surface area is 157 Å². The molecular formula is C19H35NO6. The van der Waals surface area contributed by atoms with Gasteiger partial charge < -0.3 is 9.47 Å². The van der Waals surface area contributed by atoms with Crippen LogP contribution in [0.4, 0.5) is 0 Å². The predicted octanol–water partition coefficient (Wildman–Crippen LogP) is 4.44. The lowest BCUT2D eigenvalue weighted by atomic mass is 10.0. The zero-order valence-electron chi connectivity index (χ0n) is 16.4. The van der Waals surface area contributed by atoms with E-state index in [2.05, 4.69) is 9.47 Å². The molecule has 7 nitrogen and oxygen atoms in total. The molecule has 0 bridgehead atoms. The van der Waals surface area contributed by atoms with Crippen LogP contribution in [0.5, 0.6) is 0 Å². The molecule has 1 atom stereocenters. The molecule has 0 aliphatic carbocycles. The van der Waals surface area contributed by atoms with Crippen molar-refractivity contribution in [2.75, 3.05) is 14.2 Å². The minimum atomic E-state index is -0.547. The molecule has 152 valence electrons. The van der Waals surface area contributed by atoms with E-state index in [4.69, 9.17) is 0 Å². The highest BCUT2D eigenvalue weighted by Crippen LogP contribution is 2.15. The summed E-state index contributed by atoms with van der Waals surface area (Å²) in [6, 6.07) is -0.547. The first-order valence-electron chi connectivity index (χ1n) is 9.78. The fourth-order valence-electron chi connectivity index (χ4n) is 2.93. The van der Waals surface area contributed by atoms with Gasteiger partial charge in [0.1, 0.15) is 0 Å². The maximum atomic E-state index is 11.1. The van der Waals surface area contributed by atoms with Crippen LogP contribution in [0, 0.1) is 10.1 Å². The monoisotopic (exact) mass is 373 g/mol. The van der Waals surface area contributed by atoms with Gasteiger partial charge in [-0.3, -0.25) is 19.7 Å². The second kappa shape index (κ2) is 16.8. The van der Waals surface area contributed by atoms with Crippen LogP contribution in [0.15, 0.2) is 0 Å². The Balaban J connectivity index is 3.51. The predicted molar refractivity (Wildman–Crippen MR) is 99.5 cm³/mol. The van der Waals surface area contributed by atoms with Gasteiger partial charge in [-0.2, -0.15) is 0 Å². The number of nitrogens with zero attached hydrogens (tertiary/aromatic N) is 1. The van der Waals surface area contributed by atoms with E-state index in [1.807, 2.05) is 0 Å². The van der Waals surface area contributed by atoms with Crippen molar-refractivity contribution >= 4 is 11.9 Å². The average Bonchev–Trinajstić information content (AvgIpc) is 2.63. The molecule has 0 aromatic heterocycles. The summed E-state index contributed by atoms with van der Waals surface area (Å²) in [5, 5.41) is 11.1. The fourth-order valence-corrected chi connectivity index (χ4v) is 2.93. The third-order valence-electron chi connectivity index (χ3n) is 4.59. The van der Waals surface area contributed by atoms with E-state index in [0.29, 0.717) is 25.7 Å². The van der Waals surface area contributed by atoms with E-state index in [0.717, 1.165) is 44.9 Å². The minimum Gasteiger partial charge on any atom is -0.469 e. The Morgan fingerprint density at radius 3 is 1.58 bits per heavy atom. The lowest BCUT2D eigenvalue weighted by Gasteiger charge is -2.09. The van der Waals surface area contributed by atoms with Crippen LogP contribution in [0.3, 0.4) is 0 Å². The summed E-state index contributed by atoms with van der Waals surface area (Å²) in [5.41, 5.74) is 0. The minimum absolute atomic E-state index is 0.136. The van der Waals surface area contributed by atoms with Crippen molar-refractivity contribution in [3.63, 3.8) is 0 Å². The molecule has 0 fully saturated rings. The molecule has 0 N–H and O–H groups in total. The number of unbranched alkanes of at least 4 members (excludes halogenated alkanes) is 8. The first-order valence-corrected chi connectivity index (χ1v) is 9.78. The molecule has 26 heavy (non-hydrogen) atoms. The number of carbonyl (C=O) groups is 2. The first-order chi connectivity index (χ1) is 12.5. The van der Waals surface area contributed by atoms with Crippen LogP contribution < -0.4 is 0 Å². The summed E-state index contributed by atoms with van der Waals surface area (Å²) in [6.07, 6.45) is 11.9. The van der Waals surface area contributed by atoms with E-state index in [9.17, 15) is 19.7 Å². The fraction of sp³-hybridized carbons (Fsp3) is 0.895. The molecule has 0 saturated carbocycles. The second-order valence-electron chi connectivity index (χ2n) is 6.70. The Hall–Kier alpha value is -1.66. The molecule has 0 aromatic rings. The molecule has 7 heteroatoms. The maximum absolute atomic E-state index is 11.1. The number of ether oxygens (including phenoxy) is 2. The van der Waals surface area contributed by atoms with Crippen LogP contribution in [0.2, 0.25) is 0 Å². The summed E-state index contributed by atoms with van der Waals surface area (Å²) in [4.78, 5) is 32.8. The molecule has 0 aromatic carbocycles. The van der Waals surface area contributed by atoms with Crippen molar-refractivity contribution in [3.8, 4) is 0 Å². The zero-order valence-corrected chi connectivity index (χ0v) is 16.4. The van der Waals surface area contributed by atoms with E-state index >= 15 is 0 Å². The van der Waals surface area contributed by atoms with Crippen LogP contribution in [0.1, 0.15) is 89.9 Å². The highest BCUT2D eigenvalue weighted by atomic mass is 16.6. The van der Waals surface area contributed by atoms with Crippen LogP contribution in [-0.2, 0) is 19.1 Å². The Morgan fingerprint density at radius 1 is 0.731 bits per heavy atom. The van der Waals surface area contributed by atoms with Crippen molar-refractivity contribution in [2.24, 2.45) is 0 Å². The lowest BCUT2D eigenvalue weighted by molar-refractivity contribution is -0.524. The van der Waals surface area contributed by atoms with Crippen LogP contribution in [-0.4, -0.2) is 37.1 Å². The Morgan fingerprint density at radius 2 is 1.12 bits per heavy atom. The van der Waals surface area contributed by atoms with Crippen LogP contribution >= 0.6 is 0 Å². The smallest absolute Gasteiger partial charge is 0.305 e. The van der Waals surface area contributed by atoms with E-state index < -0.39 is 6.04 Å². The zero-order chi connectivity index (χ0) is 19.6. The normalized spacial score (nSPS) is 11.8. The largest absolute Gasteiger partial charge is 0.469 e. The molecule has 0 aliphatic rings. The topological polar surface area (TPSA) is 95.7 Å². The van der Waals surface area contributed by atoms with Crippen molar-refractivity contribution in [1.29, 1.82) is 0 Å². The standard InChI is InChI=1S/C19H35NO6/c1-25-18(21)15-11-9-7-5-3-4-6-8-10-13-17(20(23)24)14-12-16-19(22)26-2/h17H,3-16H2,1-2H3. The number of carbonyl (C=O) groups excluding carboxylic acids is 2. The van der Waals surface area contributed by atoms with Crippen molar-refractivity contribution in [1.82, 2.24) is 0 Å². The van der Waals surface area contributed by atoms with Gasteiger partial charge in [-0.15, -0.1) is 0 Å². The van der Waals surface area contributed by atoms with Crippen LogP contribution in [0.25, 0.3) is 0 Å². The molecule has 0 rings (SSSR count).